The first-order valence-corrected chi connectivity index (χ1v) is 6.22. The highest BCUT2D eigenvalue weighted by molar-refractivity contribution is 4.91. The molecule has 1 heterocycles. The van der Waals surface area contributed by atoms with Crippen LogP contribution in [0.2, 0.25) is 0 Å². The molecule has 1 aromatic rings. The second kappa shape index (κ2) is 7.08. The molecule has 0 saturated heterocycles. The summed E-state index contributed by atoms with van der Waals surface area (Å²) in [5, 5.41) is 12.2. The van der Waals surface area contributed by atoms with E-state index < -0.39 is 0 Å². The molecule has 0 amide bonds. The zero-order valence-corrected chi connectivity index (χ0v) is 10.8. The van der Waals surface area contributed by atoms with Gasteiger partial charge in [-0.1, -0.05) is 0 Å². The lowest BCUT2D eigenvalue weighted by atomic mass is 9.91. The number of nitrogens with zero attached hydrogens (tertiary/aromatic N) is 3. The van der Waals surface area contributed by atoms with Crippen LogP contribution in [0, 0.1) is 16.7 Å². The predicted octanol–water partition coefficient (Wildman–Crippen LogP) is 2.19. The quantitative estimate of drug-likeness (QED) is 0.701. The Labute approximate surface area is 104 Å². The first kappa shape index (κ1) is 13.7. The fourth-order valence-corrected chi connectivity index (χ4v) is 1.55. The minimum Gasteiger partial charge on any atom is -0.337 e. The van der Waals surface area contributed by atoms with Crippen molar-refractivity contribution in [3.63, 3.8) is 0 Å². The number of rotatable bonds is 8. The molecule has 0 spiro atoms. The van der Waals surface area contributed by atoms with E-state index in [2.05, 4.69) is 20.9 Å². The number of hydrogen-bond donors (Lipinski definition) is 1. The van der Waals surface area contributed by atoms with E-state index in [1.807, 2.05) is 32.6 Å². The molecule has 0 atom stereocenters. The second-order valence-electron chi connectivity index (χ2n) is 5.00. The summed E-state index contributed by atoms with van der Waals surface area (Å²) in [6, 6.07) is 2.31. The van der Waals surface area contributed by atoms with E-state index in [0.717, 1.165) is 38.9 Å². The van der Waals surface area contributed by atoms with Crippen LogP contribution in [0.5, 0.6) is 0 Å². The average molecular weight is 234 g/mol. The fraction of sp³-hybridized carbons (Fsp3) is 0.692. The van der Waals surface area contributed by atoms with Crippen molar-refractivity contribution in [2.75, 3.05) is 13.1 Å². The molecule has 0 saturated carbocycles. The minimum absolute atomic E-state index is 0.205. The number of nitriles is 1. The Morgan fingerprint density at radius 2 is 2.18 bits per heavy atom. The summed E-state index contributed by atoms with van der Waals surface area (Å²) in [7, 11) is 0. The molecule has 0 unspecified atom stereocenters. The molecule has 17 heavy (non-hydrogen) atoms. The highest BCUT2D eigenvalue weighted by Gasteiger charge is 2.14. The molecule has 0 aromatic carbocycles. The largest absolute Gasteiger partial charge is 0.337 e. The van der Waals surface area contributed by atoms with Crippen molar-refractivity contribution in [2.24, 2.45) is 5.41 Å². The number of unbranched alkanes of at least 4 members (excludes halogenated alkanes) is 1. The van der Waals surface area contributed by atoms with Gasteiger partial charge < -0.3 is 9.88 Å². The van der Waals surface area contributed by atoms with Crippen LogP contribution >= 0.6 is 0 Å². The monoisotopic (exact) mass is 234 g/mol. The standard InChI is InChI=1S/C13H22N4/c1-13(2,11-14)5-7-15-6-3-4-9-17-10-8-16-12-17/h8,10,12,15H,3-7,9H2,1-2H3. The normalized spacial score (nSPS) is 11.4. The third-order valence-electron chi connectivity index (χ3n) is 2.81. The molecule has 94 valence electrons. The van der Waals surface area contributed by atoms with Crippen molar-refractivity contribution in [3.8, 4) is 6.07 Å². The van der Waals surface area contributed by atoms with E-state index in [-0.39, 0.29) is 5.41 Å². The second-order valence-corrected chi connectivity index (χ2v) is 5.00. The first-order valence-electron chi connectivity index (χ1n) is 6.22. The van der Waals surface area contributed by atoms with Crippen molar-refractivity contribution < 1.29 is 0 Å². The highest BCUT2D eigenvalue weighted by atomic mass is 15.0. The van der Waals surface area contributed by atoms with Crippen LogP contribution in [0.3, 0.4) is 0 Å². The molecule has 1 aromatic heterocycles. The van der Waals surface area contributed by atoms with Gasteiger partial charge in [0.2, 0.25) is 0 Å². The Hall–Kier alpha value is -1.34. The molecule has 4 nitrogen and oxygen atoms in total. The maximum atomic E-state index is 8.85. The van der Waals surface area contributed by atoms with E-state index in [9.17, 15) is 0 Å². The molecular weight excluding hydrogens is 212 g/mol. The molecule has 0 radical (unpaired) electrons. The van der Waals surface area contributed by atoms with Gasteiger partial charge in [0.25, 0.3) is 0 Å². The zero-order chi connectivity index (χ0) is 12.6. The molecule has 4 heteroatoms. The Morgan fingerprint density at radius 3 is 2.82 bits per heavy atom. The SMILES string of the molecule is CC(C)(C#N)CCNCCCCn1ccnc1. The maximum absolute atomic E-state index is 8.85. The van der Waals surface area contributed by atoms with Crippen LogP contribution in [0.4, 0.5) is 0 Å². The van der Waals surface area contributed by atoms with Crippen LogP contribution in [-0.2, 0) is 6.54 Å². The number of hydrogen-bond acceptors (Lipinski definition) is 3. The van der Waals surface area contributed by atoms with Gasteiger partial charge in [0.1, 0.15) is 0 Å². The van der Waals surface area contributed by atoms with Crippen LogP contribution < -0.4 is 5.32 Å². The van der Waals surface area contributed by atoms with Gasteiger partial charge in [-0.25, -0.2) is 4.98 Å². The van der Waals surface area contributed by atoms with Crippen LogP contribution in [0.15, 0.2) is 18.7 Å². The lowest BCUT2D eigenvalue weighted by Gasteiger charge is -2.14. The number of nitrogens with one attached hydrogen (secondary N) is 1. The van der Waals surface area contributed by atoms with Gasteiger partial charge in [0, 0.05) is 18.9 Å². The van der Waals surface area contributed by atoms with Crippen LogP contribution in [0.1, 0.15) is 33.1 Å². The van der Waals surface area contributed by atoms with E-state index in [4.69, 9.17) is 5.26 Å². The summed E-state index contributed by atoms with van der Waals surface area (Å²) in [6.45, 7) is 6.94. The molecular formula is C13H22N4. The first-order chi connectivity index (χ1) is 8.14. The van der Waals surface area contributed by atoms with Gasteiger partial charge in [-0.3, -0.25) is 0 Å². The maximum Gasteiger partial charge on any atom is 0.0945 e. The average Bonchev–Trinajstić information content (AvgIpc) is 2.81. The lowest BCUT2D eigenvalue weighted by molar-refractivity contribution is 0.429. The highest BCUT2D eigenvalue weighted by Crippen LogP contribution is 2.16. The van der Waals surface area contributed by atoms with Gasteiger partial charge >= 0.3 is 0 Å². The summed E-state index contributed by atoms with van der Waals surface area (Å²) in [6.07, 6.45) is 8.87. The summed E-state index contributed by atoms with van der Waals surface area (Å²) >= 11 is 0. The Balaban J connectivity index is 1.93. The van der Waals surface area contributed by atoms with E-state index in [0.29, 0.717) is 0 Å². The molecule has 0 bridgehead atoms. The fourth-order valence-electron chi connectivity index (χ4n) is 1.55. The van der Waals surface area contributed by atoms with Gasteiger partial charge in [-0.2, -0.15) is 5.26 Å². The van der Waals surface area contributed by atoms with Gasteiger partial charge in [0.05, 0.1) is 17.8 Å². The summed E-state index contributed by atoms with van der Waals surface area (Å²) in [5.74, 6) is 0. The van der Waals surface area contributed by atoms with Crippen molar-refractivity contribution >= 4 is 0 Å². The van der Waals surface area contributed by atoms with Crippen LogP contribution in [-0.4, -0.2) is 22.6 Å². The number of aromatic nitrogens is 2. The third kappa shape index (κ3) is 6.08. The molecule has 0 fully saturated rings. The molecule has 0 aliphatic rings. The molecule has 0 aliphatic carbocycles. The zero-order valence-electron chi connectivity index (χ0n) is 10.8. The van der Waals surface area contributed by atoms with Crippen molar-refractivity contribution in [3.05, 3.63) is 18.7 Å². The van der Waals surface area contributed by atoms with Gasteiger partial charge in [-0.15, -0.1) is 0 Å². The van der Waals surface area contributed by atoms with Crippen molar-refractivity contribution in [2.45, 2.75) is 39.7 Å². The van der Waals surface area contributed by atoms with E-state index in [1.165, 1.54) is 0 Å². The Bertz CT molecular complexity index is 335. The Morgan fingerprint density at radius 1 is 1.35 bits per heavy atom. The molecule has 0 aliphatic heterocycles. The predicted molar refractivity (Wildman–Crippen MR) is 68.3 cm³/mol. The van der Waals surface area contributed by atoms with Gasteiger partial charge in [-0.05, 0) is 46.2 Å². The smallest absolute Gasteiger partial charge is 0.0945 e. The van der Waals surface area contributed by atoms with E-state index >= 15 is 0 Å². The van der Waals surface area contributed by atoms with Crippen molar-refractivity contribution in [1.82, 2.24) is 14.9 Å². The van der Waals surface area contributed by atoms with Gasteiger partial charge in [0.15, 0.2) is 0 Å². The Kier molecular flexibility index (Phi) is 5.71. The summed E-state index contributed by atoms with van der Waals surface area (Å²) in [4.78, 5) is 4.00. The molecule has 1 rings (SSSR count). The van der Waals surface area contributed by atoms with Crippen molar-refractivity contribution in [1.29, 1.82) is 5.26 Å². The summed E-state index contributed by atoms with van der Waals surface area (Å²) in [5.41, 5.74) is -0.205. The number of aryl methyl sites for hydroxylation is 1. The minimum atomic E-state index is -0.205. The van der Waals surface area contributed by atoms with E-state index in [1.54, 1.807) is 0 Å². The summed E-state index contributed by atoms with van der Waals surface area (Å²) < 4.78 is 2.10. The lowest BCUT2D eigenvalue weighted by Crippen LogP contribution is -2.22. The number of imidazole rings is 1. The van der Waals surface area contributed by atoms with Crippen LogP contribution in [0.25, 0.3) is 0 Å². The molecule has 1 N–H and O–H groups in total. The third-order valence-corrected chi connectivity index (χ3v) is 2.81. The topological polar surface area (TPSA) is 53.6 Å².